The summed E-state index contributed by atoms with van der Waals surface area (Å²) in [6.07, 6.45) is -10.2. The number of non-ortho nitro benzene ring substituents is 1. The van der Waals surface area contributed by atoms with Crippen LogP contribution in [0.3, 0.4) is 0 Å². The highest BCUT2D eigenvalue weighted by molar-refractivity contribution is 6.36. The molecule has 0 saturated heterocycles. The summed E-state index contributed by atoms with van der Waals surface area (Å²) in [5, 5.41) is 22.2. The molecule has 0 unspecified atom stereocenters. The number of halogens is 8. The lowest BCUT2D eigenvalue weighted by Crippen LogP contribution is -2.12. The number of hydrogen-bond acceptors (Lipinski definition) is 5. The number of hydrogen-bond donors (Lipinski definition) is 1. The van der Waals surface area contributed by atoms with Crippen LogP contribution in [0.4, 0.5) is 49.1 Å². The van der Waals surface area contributed by atoms with Gasteiger partial charge in [-0.15, -0.1) is 0 Å². The van der Waals surface area contributed by atoms with Crippen LogP contribution in [0.2, 0.25) is 10.0 Å². The summed E-state index contributed by atoms with van der Waals surface area (Å²) >= 11 is 11.1. The fourth-order valence-corrected chi connectivity index (χ4v) is 2.69. The van der Waals surface area contributed by atoms with Crippen LogP contribution in [0, 0.1) is 20.2 Å². The van der Waals surface area contributed by atoms with E-state index in [9.17, 15) is 46.6 Å². The highest BCUT2D eigenvalue weighted by Gasteiger charge is 2.40. The van der Waals surface area contributed by atoms with E-state index in [2.05, 4.69) is 0 Å². The zero-order valence-electron chi connectivity index (χ0n) is 13.4. The third-order valence-corrected chi connectivity index (χ3v) is 4.06. The molecule has 0 aromatic heterocycles. The van der Waals surface area contributed by atoms with Crippen molar-refractivity contribution >= 4 is 46.0 Å². The van der Waals surface area contributed by atoms with Crippen molar-refractivity contribution in [1.82, 2.24) is 0 Å². The van der Waals surface area contributed by atoms with Crippen LogP contribution in [0.5, 0.6) is 0 Å². The molecule has 0 atom stereocenters. The fraction of sp³-hybridized carbons (Fsp3) is 0.143. The number of rotatable bonds is 4. The molecule has 2 aromatic carbocycles. The van der Waals surface area contributed by atoms with Crippen molar-refractivity contribution in [2.45, 2.75) is 12.4 Å². The van der Waals surface area contributed by atoms with Gasteiger partial charge in [-0.05, 0) is 12.1 Å². The van der Waals surface area contributed by atoms with Crippen molar-refractivity contribution in [3.8, 4) is 0 Å². The van der Waals surface area contributed by atoms with Gasteiger partial charge in [0.05, 0.1) is 42.8 Å². The van der Waals surface area contributed by atoms with Gasteiger partial charge in [-0.2, -0.15) is 26.3 Å². The average molecular weight is 464 g/mol. The van der Waals surface area contributed by atoms with Gasteiger partial charge in [0.15, 0.2) is 0 Å². The summed E-state index contributed by atoms with van der Waals surface area (Å²) in [6.45, 7) is 0. The Morgan fingerprint density at radius 2 is 1.34 bits per heavy atom. The molecule has 7 nitrogen and oxygen atoms in total. The predicted octanol–water partition coefficient (Wildman–Crippen LogP) is 6.59. The number of nitro groups is 2. The molecule has 156 valence electrons. The predicted molar refractivity (Wildman–Crippen MR) is 89.5 cm³/mol. The Bertz CT molecular complexity index is 1010. The number of benzene rings is 2. The van der Waals surface area contributed by atoms with Crippen molar-refractivity contribution in [3.63, 3.8) is 0 Å². The largest absolute Gasteiger partial charge is 0.418 e. The van der Waals surface area contributed by atoms with Crippen LogP contribution in [0.1, 0.15) is 11.1 Å². The molecule has 0 amide bonds. The lowest BCUT2D eigenvalue weighted by molar-refractivity contribution is -0.394. The van der Waals surface area contributed by atoms with E-state index in [1.54, 1.807) is 0 Å². The van der Waals surface area contributed by atoms with E-state index in [0.29, 0.717) is 12.1 Å². The lowest BCUT2D eigenvalue weighted by Gasteiger charge is -2.17. The minimum atomic E-state index is -5.29. The maximum atomic E-state index is 13.3. The summed E-state index contributed by atoms with van der Waals surface area (Å²) in [4.78, 5) is 19.4. The van der Waals surface area contributed by atoms with E-state index in [1.807, 2.05) is 5.32 Å². The third-order valence-electron chi connectivity index (χ3n) is 3.44. The van der Waals surface area contributed by atoms with E-state index in [0.717, 1.165) is 0 Å². The number of nitrogens with one attached hydrogen (secondary N) is 1. The minimum absolute atomic E-state index is 0.0366. The number of nitrogens with zero attached hydrogens (tertiary/aromatic N) is 2. The first kappa shape index (κ1) is 22.5. The third kappa shape index (κ3) is 4.79. The summed E-state index contributed by atoms with van der Waals surface area (Å²) < 4.78 is 78.5. The molecule has 0 heterocycles. The molecule has 0 fully saturated rings. The normalized spacial score (nSPS) is 12.0. The van der Waals surface area contributed by atoms with Crippen molar-refractivity contribution in [1.29, 1.82) is 0 Å². The smallest absolute Gasteiger partial charge is 0.348 e. The van der Waals surface area contributed by atoms with Crippen LogP contribution < -0.4 is 5.32 Å². The second-order valence-electron chi connectivity index (χ2n) is 5.33. The molecule has 2 aromatic rings. The van der Waals surface area contributed by atoms with Gasteiger partial charge in [-0.1, -0.05) is 23.2 Å². The van der Waals surface area contributed by atoms with Crippen molar-refractivity contribution in [3.05, 3.63) is 65.7 Å². The molecule has 0 radical (unpaired) electrons. The summed E-state index contributed by atoms with van der Waals surface area (Å²) in [5.41, 5.74) is -7.63. The first-order valence-electron chi connectivity index (χ1n) is 7.00. The molecule has 0 aliphatic rings. The molecular weight excluding hydrogens is 459 g/mol. The van der Waals surface area contributed by atoms with Crippen LogP contribution in [0.15, 0.2) is 24.3 Å². The SMILES string of the molecule is O=[N+]([O-])c1cc([N+](=O)[O-])c(Nc2cc(Cl)c(C(F)(F)F)cc2Cl)c(C(F)(F)F)c1. The topological polar surface area (TPSA) is 98.3 Å². The van der Waals surface area contributed by atoms with Crippen LogP contribution in [-0.2, 0) is 12.4 Å². The Hall–Kier alpha value is -2.80. The Kier molecular flexibility index (Phi) is 5.86. The Labute approximate surface area is 166 Å². The highest BCUT2D eigenvalue weighted by atomic mass is 35.5. The Balaban J connectivity index is 2.74. The molecule has 0 aliphatic heterocycles. The van der Waals surface area contributed by atoms with E-state index < -0.39 is 66.1 Å². The van der Waals surface area contributed by atoms with Gasteiger partial charge in [-0.25, -0.2) is 0 Å². The monoisotopic (exact) mass is 463 g/mol. The zero-order valence-corrected chi connectivity index (χ0v) is 14.9. The zero-order chi connectivity index (χ0) is 22.3. The maximum Gasteiger partial charge on any atom is 0.418 e. The van der Waals surface area contributed by atoms with Crippen LogP contribution in [-0.4, -0.2) is 9.85 Å². The van der Waals surface area contributed by atoms with E-state index in [4.69, 9.17) is 23.2 Å². The summed E-state index contributed by atoms with van der Waals surface area (Å²) in [5.74, 6) is 0. The van der Waals surface area contributed by atoms with E-state index >= 15 is 0 Å². The Morgan fingerprint density at radius 1 is 0.793 bits per heavy atom. The summed E-state index contributed by atoms with van der Waals surface area (Å²) in [6, 6.07) is 1.14. The number of alkyl halides is 6. The summed E-state index contributed by atoms with van der Waals surface area (Å²) in [7, 11) is 0. The fourth-order valence-electron chi connectivity index (χ4n) is 2.21. The molecule has 29 heavy (non-hydrogen) atoms. The van der Waals surface area contributed by atoms with Gasteiger partial charge in [0.1, 0.15) is 5.69 Å². The molecule has 15 heteroatoms. The van der Waals surface area contributed by atoms with Crippen molar-refractivity contribution < 1.29 is 36.2 Å². The minimum Gasteiger partial charge on any atom is -0.348 e. The van der Waals surface area contributed by atoms with Crippen LogP contribution >= 0.6 is 23.2 Å². The van der Waals surface area contributed by atoms with Gasteiger partial charge in [0, 0.05) is 6.07 Å². The molecule has 1 N–H and O–H groups in total. The second-order valence-corrected chi connectivity index (χ2v) is 6.15. The first-order valence-corrected chi connectivity index (χ1v) is 7.75. The number of nitro benzene ring substituents is 2. The van der Waals surface area contributed by atoms with Gasteiger partial charge in [0.2, 0.25) is 0 Å². The lowest BCUT2D eigenvalue weighted by atomic mass is 10.1. The molecule has 0 bridgehead atoms. The van der Waals surface area contributed by atoms with Crippen molar-refractivity contribution in [2.24, 2.45) is 0 Å². The molecule has 0 saturated carbocycles. The molecule has 0 spiro atoms. The van der Waals surface area contributed by atoms with E-state index in [-0.39, 0.29) is 12.1 Å². The van der Waals surface area contributed by atoms with Crippen molar-refractivity contribution in [2.75, 3.05) is 5.32 Å². The first-order chi connectivity index (χ1) is 13.1. The van der Waals surface area contributed by atoms with Gasteiger partial charge in [-0.3, -0.25) is 20.2 Å². The van der Waals surface area contributed by atoms with Crippen LogP contribution in [0.25, 0.3) is 0 Å². The van der Waals surface area contributed by atoms with Gasteiger partial charge < -0.3 is 5.32 Å². The maximum absolute atomic E-state index is 13.3. The van der Waals surface area contributed by atoms with Gasteiger partial charge in [0.25, 0.3) is 11.4 Å². The second kappa shape index (κ2) is 7.55. The molecule has 0 aliphatic carbocycles. The molecule has 2 rings (SSSR count). The molecular formula is C14H5Cl2F6N3O4. The Morgan fingerprint density at radius 3 is 1.79 bits per heavy atom. The van der Waals surface area contributed by atoms with E-state index in [1.165, 1.54) is 0 Å². The standard InChI is InChI=1S/C14H5Cl2F6N3O4/c15-8-4-10(9(16)3-6(8)13(17,18)19)23-12-7(14(20,21)22)1-5(24(26)27)2-11(12)25(28)29/h1-4,23H. The number of anilines is 2. The highest BCUT2D eigenvalue weighted by Crippen LogP contribution is 2.46. The average Bonchev–Trinajstić information content (AvgIpc) is 2.55. The quantitative estimate of drug-likeness (QED) is 0.313. The van der Waals surface area contributed by atoms with Gasteiger partial charge >= 0.3 is 12.4 Å².